The minimum absolute atomic E-state index is 0.108. The lowest BCUT2D eigenvalue weighted by atomic mass is 10.00. The maximum atomic E-state index is 12.9. The van der Waals surface area contributed by atoms with Gasteiger partial charge >= 0.3 is 0 Å². The summed E-state index contributed by atoms with van der Waals surface area (Å²) < 4.78 is 25.9. The van der Waals surface area contributed by atoms with Gasteiger partial charge in [0.2, 0.25) is 0 Å². The SMILES string of the molecule is FC(F)c1ccc(Cl)cc1-c1ccc(Cl)cc1Cl. The third kappa shape index (κ3) is 2.77. The van der Waals surface area contributed by atoms with Gasteiger partial charge in [-0.15, -0.1) is 0 Å². The highest BCUT2D eigenvalue weighted by Crippen LogP contribution is 2.37. The molecule has 0 bridgehead atoms. The second-order valence-electron chi connectivity index (χ2n) is 3.66. The van der Waals surface area contributed by atoms with E-state index in [1.54, 1.807) is 12.1 Å². The Hall–Kier alpha value is -0.830. The van der Waals surface area contributed by atoms with Crippen LogP contribution in [0.25, 0.3) is 11.1 Å². The Labute approximate surface area is 118 Å². The van der Waals surface area contributed by atoms with Crippen molar-refractivity contribution in [3.8, 4) is 11.1 Å². The Morgan fingerprint density at radius 1 is 0.778 bits per heavy atom. The first kappa shape index (κ1) is 13.6. The van der Waals surface area contributed by atoms with E-state index in [0.717, 1.165) is 0 Å². The zero-order valence-corrected chi connectivity index (χ0v) is 11.2. The minimum atomic E-state index is -2.59. The molecule has 5 heteroatoms. The maximum Gasteiger partial charge on any atom is 0.264 e. The third-order valence-electron chi connectivity index (χ3n) is 2.47. The van der Waals surface area contributed by atoms with E-state index >= 15 is 0 Å². The highest BCUT2D eigenvalue weighted by Gasteiger charge is 2.16. The average Bonchev–Trinajstić information content (AvgIpc) is 2.28. The van der Waals surface area contributed by atoms with Gasteiger partial charge in [-0.2, -0.15) is 0 Å². The molecule has 2 rings (SSSR count). The van der Waals surface area contributed by atoms with Gasteiger partial charge in [-0.05, 0) is 29.8 Å². The lowest BCUT2D eigenvalue weighted by Crippen LogP contribution is -1.91. The van der Waals surface area contributed by atoms with E-state index in [2.05, 4.69) is 0 Å². The van der Waals surface area contributed by atoms with Gasteiger partial charge in [0.05, 0.1) is 0 Å². The molecule has 0 aliphatic heterocycles. The zero-order chi connectivity index (χ0) is 13.3. The summed E-state index contributed by atoms with van der Waals surface area (Å²) in [5.74, 6) is 0. The van der Waals surface area contributed by atoms with Crippen LogP contribution in [-0.4, -0.2) is 0 Å². The summed E-state index contributed by atoms with van der Waals surface area (Å²) in [6.07, 6.45) is -2.59. The van der Waals surface area contributed by atoms with Crippen molar-refractivity contribution >= 4 is 34.8 Å². The van der Waals surface area contributed by atoms with Crippen molar-refractivity contribution in [2.45, 2.75) is 6.43 Å². The summed E-state index contributed by atoms with van der Waals surface area (Å²) in [5.41, 5.74) is 0.696. The molecule has 2 aromatic carbocycles. The molecule has 0 saturated carbocycles. The molecule has 0 aliphatic carbocycles. The third-order valence-corrected chi connectivity index (χ3v) is 3.25. The lowest BCUT2D eigenvalue weighted by molar-refractivity contribution is 0.152. The molecule has 0 unspecified atom stereocenters. The predicted octanol–water partition coefficient (Wildman–Crippen LogP) is 6.25. The molecule has 0 aromatic heterocycles. The van der Waals surface area contributed by atoms with Crippen molar-refractivity contribution in [2.75, 3.05) is 0 Å². The first-order valence-corrected chi connectivity index (χ1v) is 6.15. The van der Waals surface area contributed by atoms with Crippen molar-refractivity contribution in [2.24, 2.45) is 0 Å². The molecular formula is C13H7Cl3F2. The van der Waals surface area contributed by atoms with Crippen LogP contribution in [0.15, 0.2) is 36.4 Å². The summed E-state index contributed by atoms with van der Waals surface area (Å²) in [4.78, 5) is 0. The van der Waals surface area contributed by atoms with Crippen LogP contribution in [0.4, 0.5) is 8.78 Å². The van der Waals surface area contributed by atoms with Crippen LogP contribution in [0.5, 0.6) is 0 Å². The van der Waals surface area contributed by atoms with Gasteiger partial charge < -0.3 is 0 Å². The molecule has 18 heavy (non-hydrogen) atoms. The van der Waals surface area contributed by atoms with Crippen LogP contribution in [0, 0.1) is 0 Å². The van der Waals surface area contributed by atoms with Gasteiger partial charge in [-0.25, -0.2) is 8.78 Å². The van der Waals surface area contributed by atoms with Crippen LogP contribution in [0.2, 0.25) is 15.1 Å². The molecule has 0 aliphatic rings. The van der Waals surface area contributed by atoms with Crippen molar-refractivity contribution < 1.29 is 8.78 Å². The Kier molecular flexibility index (Phi) is 4.10. The minimum Gasteiger partial charge on any atom is -0.205 e. The van der Waals surface area contributed by atoms with Gasteiger partial charge in [0.1, 0.15) is 0 Å². The summed E-state index contributed by atoms with van der Waals surface area (Å²) in [6, 6.07) is 8.90. The van der Waals surface area contributed by atoms with Gasteiger partial charge in [0.25, 0.3) is 6.43 Å². The highest BCUT2D eigenvalue weighted by atomic mass is 35.5. The van der Waals surface area contributed by atoms with E-state index in [1.165, 1.54) is 24.3 Å². The summed E-state index contributed by atoms with van der Waals surface area (Å²) in [5, 5.41) is 1.14. The average molecular weight is 308 g/mol. The fourth-order valence-corrected chi connectivity index (χ4v) is 2.34. The van der Waals surface area contributed by atoms with Gasteiger partial charge in [0.15, 0.2) is 0 Å². The standard InChI is InChI=1S/C13H7Cl3F2/c14-7-2-4-10(13(17)18)11(5-7)9-3-1-8(15)6-12(9)16/h1-6,13H. The van der Waals surface area contributed by atoms with E-state index in [-0.39, 0.29) is 5.56 Å². The zero-order valence-electron chi connectivity index (χ0n) is 8.93. The first-order chi connectivity index (χ1) is 8.49. The fourth-order valence-electron chi connectivity index (χ4n) is 1.66. The quantitative estimate of drug-likeness (QED) is 0.615. The second kappa shape index (κ2) is 5.43. The number of hydrogen-bond donors (Lipinski definition) is 0. The lowest BCUT2D eigenvalue weighted by Gasteiger charge is -2.11. The monoisotopic (exact) mass is 306 g/mol. The number of benzene rings is 2. The molecule has 0 atom stereocenters. The van der Waals surface area contributed by atoms with Crippen molar-refractivity contribution in [3.63, 3.8) is 0 Å². The molecule has 0 radical (unpaired) electrons. The topological polar surface area (TPSA) is 0 Å². The van der Waals surface area contributed by atoms with Crippen LogP contribution in [-0.2, 0) is 0 Å². The predicted molar refractivity (Wildman–Crippen MR) is 71.9 cm³/mol. The largest absolute Gasteiger partial charge is 0.264 e. The second-order valence-corrected chi connectivity index (χ2v) is 4.94. The smallest absolute Gasteiger partial charge is 0.205 e. The van der Waals surface area contributed by atoms with E-state index in [9.17, 15) is 8.78 Å². The molecular weight excluding hydrogens is 300 g/mol. The number of rotatable bonds is 2. The van der Waals surface area contributed by atoms with E-state index in [0.29, 0.717) is 26.2 Å². The molecule has 0 fully saturated rings. The molecule has 94 valence electrons. The van der Waals surface area contributed by atoms with Gasteiger partial charge in [-0.1, -0.05) is 46.9 Å². The Morgan fingerprint density at radius 3 is 2.00 bits per heavy atom. The Morgan fingerprint density at radius 2 is 1.39 bits per heavy atom. The number of alkyl halides is 2. The Bertz CT molecular complexity index is 582. The number of halogens is 5. The normalized spacial score (nSPS) is 11.0. The van der Waals surface area contributed by atoms with Crippen LogP contribution in [0.1, 0.15) is 12.0 Å². The van der Waals surface area contributed by atoms with Crippen molar-refractivity contribution in [1.82, 2.24) is 0 Å². The van der Waals surface area contributed by atoms with E-state index in [1.807, 2.05) is 0 Å². The van der Waals surface area contributed by atoms with Crippen LogP contribution < -0.4 is 0 Å². The van der Waals surface area contributed by atoms with Gasteiger partial charge in [0, 0.05) is 26.2 Å². The highest BCUT2D eigenvalue weighted by molar-refractivity contribution is 6.36. The molecule has 0 saturated heterocycles. The van der Waals surface area contributed by atoms with E-state index in [4.69, 9.17) is 34.8 Å². The van der Waals surface area contributed by atoms with E-state index < -0.39 is 6.43 Å². The molecule has 0 spiro atoms. The fraction of sp³-hybridized carbons (Fsp3) is 0.0769. The van der Waals surface area contributed by atoms with Crippen molar-refractivity contribution in [1.29, 1.82) is 0 Å². The molecule has 0 N–H and O–H groups in total. The number of hydrogen-bond acceptors (Lipinski definition) is 0. The first-order valence-electron chi connectivity index (χ1n) is 5.02. The maximum absolute atomic E-state index is 12.9. The van der Waals surface area contributed by atoms with Gasteiger partial charge in [-0.3, -0.25) is 0 Å². The summed E-state index contributed by atoms with van der Waals surface area (Å²) in [7, 11) is 0. The van der Waals surface area contributed by atoms with Crippen LogP contribution in [0.3, 0.4) is 0 Å². The molecule has 0 amide bonds. The summed E-state index contributed by atoms with van der Waals surface area (Å²) >= 11 is 17.6. The Balaban J connectivity index is 2.65. The molecule has 0 nitrogen and oxygen atoms in total. The summed E-state index contributed by atoms with van der Waals surface area (Å²) in [6.45, 7) is 0. The molecule has 0 heterocycles. The molecule has 2 aromatic rings. The van der Waals surface area contributed by atoms with Crippen molar-refractivity contribution in [3.05, 3.63) is 57.0 Å². The van der Waals surface area contributed by atoms with Crippen LogP contribution >= 0.6 is 34.8 Å².